The van der Waals surface area contributed by atoms with Crippen LogP contribution in [0.2, 0.25) is 0 Å². The Kier molecular flexibility index (Phi) is 6.04. The first-order valence-corrected chi connectivity index (χ1v) is 10.8. The summed E-state index contributed by atoms with van der Waals surface area (Å²) in [6.45, 7) is 3.96. The minimum absolute atomic E-state index is 0.0242. The summed E-state index contributed by atoms with van der Waals surface area (Å²) in [7, 11) is 1.55. The monoisotopic (exact) mass is 390 g/mol. The first kappa shape index (κ1) is 19.9. The summed E-state index contributed by atoms with van der Waals surface area (Å²) in [4.78, 5) is 16.5. The van der Waals surface area contributed by atoms with Gasteiger partial charge in [0.05, 0.1) is 11.8 Å². The summed E-state index contributed by atoms with van der Waals surface area (Å²) in [5, 5.41) is 18.7. The van der Waals surface area contributed by atoms with Gasteiger partial charge in [0.1, 0.15) is 6.61 Å². The van der Waals surface area contributed by atoms with E-state index in [1.54, 1.807) is 7.11 Å². The number of methoxy groups -OCH3 is 1. The largest absolute Gasteiger partial charge is 0.389 e. The van der Waals surface area contributed by atoms with Gasteiger partial charge in [-0.3, -0.25) is 14.8 Å². The fourth-order valence-corrected chi connectivity index (χ4v) is 5.39. The van der Waals surface area contributed by atoms with Crippen LogP contribution in [0.25, 0.3) is 0 Å². The van der Waals surface area contributed by atoms with Crippen LogP contribution in [0.5, 0.6) is 0 Å². The van der Waals surface area contributed by atoms with E-state index in [2.05, 4.69) is 15.1 Å². The SMILES string of the molecule is COCC(=O)N1CC[C@@]2(O)CCN(Cc3cn[nH]c3C3CCCCC3)C[C@H]2C1. The third kappa shape index (κ3) is 4.11. The smallest absolute Gasteiger partial charge is 0.248 e. The Morgan fingerprint density at radius 1 is 1.29 bits per heavy atom. The molecule has 0 bridgehead atoms. The minimum Gasteiger partial charge on any atom is -0.389 e. The molecule has 0 radical (unpaired) electrons. The number of aromatic amines is 1. The molecule has 7 heteroatoms. The highest BCUT2D eigenvalue weighted by molar-refractivity contribution is 5.77. The van der Waals surface area contributed by atoms with Crippen molar-refractivity contribution in [3.63, 3.8) is 0 Å². The molecular formula is C21H34N4O3. The number of aliphatic hydroxyl groups is 1. The quantitative estimate of drug-likeness (QED) is 0.802. The molecule has 0 unspecified atom stereocenters. The lowest BCUT2D eigenvalue weighted by atomic mass is 9.75. The number of carbonyl (C=O) groups is 1. The van der Waals surface area contributed by atoms with Crippen LogP contribution in [-0.2, 0) is 16.1 Å². The van der Waals surface area contributed by atoms with Crippen LogP contribution in [0.15, 0.2) is 6.20 Å². The predicted octanol–water partition coefficient (Wildman–Crippen LogP) is 1.89. The van der Waals surface area contributed by atoms with Crippen molar-refractivity contribution >= 4 is 5.91 Å². The molecule has 0 spiro atoms. The second-order valence-electron chi connectivity index (χ2n) is 8.95. The number of fused-ring (bicyclic) bond motifs is 1. The average molecular weight is 391 g/mol. The van der Waals surface area contributed by atoms with Crippen LogP contribution in [0.1, 0.15) is 62.1 Å². The summed E-state index contributed by atoms with van der Waals surface area (Å²) in [6, 6.07) is 0. The maximum absolute atomic E-state index is 12.2. The molecule has 156 valence electrons. The molecule has 1 amide bonds. The lowest BCUT2D eigenvalue weighted by Crippen LogP contribution is -2.60. The van der Waals surface area contributed by atoms with E-state index in [1.807, 2.05) is 11.1 Å². The number of carbonyl (C=O) groups excluding carboxylic acids is 1. The number of aromatic nitrogens is 2. The van der Waals surface area contributed by atoms with Gasteiger partial charge in [-0.2, -0.15) is 5.10 Å². The molecule has 1 saturated carbocycles. The van der Waals surface area contributed by atoms with Gasteiger partial charge < -0.3 is 14.7 Å². The number of piperidine rings is 2. The Morgan fingerprint density at radius 2 is 2.07 bits per heavy atom. The summed E-state index contributed by atoms with van der Waals surface area (Å²) >= 11 is 0. The molecule has 1 aliphatic carbocycles. The van der Waals surface area contributed by atoms with Crippen molar-refractivity contribution in [1.82, 2.24) is 20.0 Å². The number of ether oxygens (including phenoxy) is 1. The fourth-order valence-electron chi connectivity index (χ4n) is 5.39. The minimum atomic E-state index is -0.636. The van der Waals surface area contributed by atoms with Gasteiger partial charge in [-0.1, -0.05) is 19.3 Å². The Labute approximate surface area is 167 Å². The van der Waals surface area contributed by atoms with E-state index in [1.165, 1.54) is 43.4 Å². The lowest BCUT2D eigenvalue weighted by Gasteiger charge is -2.50. The Hall–Kier alpha value is -1.44. The molecule has 1 aromatic rings. The van der Waals surface area contributed by atoms with Crippen LogP contribution in [0, 0.1) is 5.92 Å². The molecule has 3 fully saturated rings. The highest BCUT2D eigenvalue weighted by Crippen LogP contribution is 2.37. The number of H-pyrrole nitrogens is 1. The number of amides is 1. The van der Waals surface area contributed by atoms with Crippen molar-refractivity contribution in [3.8, 4) is 0 Å². The van der Waals surface area contributed by atoms with Gasteiger partial charge >= 0.3 is 0 Å². The maximum Gasteiger partial charge on any atom is 0.248 e. The number of nitrogens with one attached hydrogen (secondary N) is 1. The van der Waals surface area contributed by atoms with E-state index >= 15 is 0 Å². The molecule has 2 aliphatic heterocycles. The average Bonchev–Trinajstić information content (AvgIpc) is 3.17. The van der Waals surface area contributed by atoms with Crippen LogP contribution in [0.3, 0.4) is 0 Å². The molecule has 3 heterocycles. The number of likely N-dealkylation sites (tertiary alicyclic amines) is 2. The van der Waals surface area contributed by atoms with Gasteiger partial charge in [-0.05, 0) is 25.7 Å². The summed E-state index contributed by atoms with van der Waals surface area (Å²) < 4.78 is 5.01. The van der Waals surface area contributed by atoms with E-state index in [0.717, 1.165) is 26.1 Å². The summed E-state index contributed by atoms with van der Waals surface area (Å²) in [6.07, 6.45) is 9.92. The topological polar surface area (TPSA) is 81.7 Å². The van der Waals surface area contributed by atoms with Gasteiger partial charge in [0.2, 0.25) is 5.91 Å². The van der Waals surface area contributed by atoms with Crippen molar-refractivity contribution < 1.29 is 14.6 Å². The van der Waals surface area contributed by atoms with Crippen molar-refractivity contribution in [2.24, 2.45) is 5.92 Å². The van der Waals surface area contributed by atoms with E-state index in [-0.39, 0.29) is 18.4 Å². The molecule has 3 aliphatic rings. The molecule has 7 nitrogen and oxygen atoms in total. The van der Waals surface area contributed by atoms with E-state index in [0.29, 0.717) is 25.4 Å². The molecular weight excluding hydrogens is 356 g/mol. The second-order valence-corrected chi connectivity index (χ2v) is 8.95. The van der Waals surface area contributed by atoms with Gasteiger partial charge in [0.15, 0.2) is 0 Å². The molecule has 4 rings (SSSR count). The standard InChI is InChI=1S/C21H34N4O3/c1-28-15-19(26)25-10-8-21(27)7-9-24(13-18(21)14-25)12-17-11-22-23-20(17)16-5-3-2-4-6-16/h11,16,18,27H,2-10,12-15H2,1H3,(H,22,23)/t18-,21-/m0/s1. The Bertz CT molecular complexity index is 672. The van der Waals surface area contributed by atoms with Gasteiger partial charge in [0, 0.05) is 62.9 Å². The van der Waals surface area contributed by atoms with Crippen molar-refractivity contribution in [2.75, 3.05) is 39.9 Å². The van der Waals surface area contributed by atoms with Crippen LogP contribution in [-0.4, -0.2) is 76.5 Å². The molecule has 1 aromatic heterocycles. The zero-order valence-electron chi connectivity index (χ0n) is 17.0. The number of nitrogens with zero attached hydrogens (tertiary/aromatic N) is 3. The van der Waals surface area contributed by atoms with Crippen molar-refractivity contribution in [3.05, 3.63) is 17.5 Å². The van der Waals surface area contributed by atoms with E-state index < -0.39 is 5.60 Å². The first-order chi connectivity index (χ1) is 13.6. The lowest BCUT2D eigenvalue weighted by molar-refractivity contribution is -0.150. The fraction of sp³-hybridized carbons (Fsp3) is 0.810. The number of rotatable bonds is 5. The molecule has 0 aromatic carbocycles. The van der Waals surface area contributed by atoms with Crippen molar-refractivity contribution in [2.45, 2.75) is 63.0 Å². The van der Waals surface area contributed by atoms with E-state index in [4.69, 9.17) is 4.74 Å². The van der Waals surface area contributed by atoms with Crippen LogP contribution in [0.4, 0.5) is 0 Å². The van der Waals surface area contributed by atoms with Gasteiger partial charge in [-0.15, -0.1) is 0 Å². The highest BCUT2D eigenvalue weighted by atomic mass is 16.5. The zero-order chi connectivity index (χ0) is 19.6. The summed E-state index contributed by atoms with van der Waals surface area (Å²) in [5.41, 5.74) is 1.99. The second kappa shape index (κ2) is 8.51. The van der Waals surface area contributed by atoms with Crippen LogP contribution >= 0.6 is 0 Å². The predicted molar refractivity (Wildman–Crippen MR) is 106 cm³/mol. The molecule has 28 heavy (non-hydrogen) atoms. The zero-order valence-corrected chi connectivity index (χ0v) is 17.0. The summed E-state index contributed by atoms with van der Waals surface area (Å²) in [5.74, 6) is 0.738. The maximum atomic E-state index is 12.2. The third-order valence-electron chi connectivity index (χ3n) is 7.13. The van der Waals surface area contributed by atoms with E-state index in [9.17, 15) is 9.90 Å². The number of hydrogen-bond donors (Lipinski definition) is 2. The molecule has 2 N–H and O–H groups in total. The third-order valence-corrected chi connectivity index (χ3v) is 7.13. The normalized spacial score (nSPS) is 29.6. The van der Waals surface area contributed by atoms with Crippen molar-refractivity contribution in [1.29, 1.82) is 0 Å². The Morgan fingerprint density at radius 3 is 2.86 bits per heavy atom. The molecule has 2 atom stereocenters. The van der Waals surface area contributed by atoms with Gasteiger partial charge in [0.25, 0.3) is 0 Å². The first-order valence-electron chi connectivity index (χ1n) is 10.8. The Balaban J connectivity index is 1.40. The highest BCUT2D eigenvalue weighted by Gasteiger charge is 2.45. The van der Waals surface area contributed by atoms with Crippen LogP contribution < -0.4 is 0 Å². The number of hydrogen-bond acceptors (Lipinski definition) is 5. The molecule has 2 saturated heterocycles. The van der Waals surface area contributed by atoms with Gasteiger partial charge in [-0.25, -0.2) is 0 Å².